The van der Waals surface area contributed by atoms with Gasteiger partial charge in [0.15, 0.2) is 6.61 Å². The lowest BCUT2D eigenvalue weighted by atomic mass is 9.91. The molecular weight excluding hydrogens is 398 g/mol. The molecule has 0 atom stereocenters. The van der Waals surface area contributed by atoms with Gasteiger partial charge in [-0.2, -0.15) is 0 Å². The zero-order valence-electron chi connectivity index (χ0n) is 14.4. The largest absolute Gasteiger partial charge is 0.481 e. The summed E-state index contributed by atoms with van der Waals surface area (Å²) >= 11 is 3.41. The van der Waals surface area contributed by atoms with E-state index in [2.05, 4.69) is 46.9 Å². The van der Waals surface area contributed by atoms with Crippen LogP contribution >= 0.6 is 15.9 Å². The van der Waals surface area contributed by atoms with Crippen molar-refractivity contribution in [2.45, 2.75) is 13.8 Å². The minimum Gasteiger partial charge on any atom is -0.481 e. The molecule has 0 radical (unpaired) electrons. The predicted octanol–water partition coefficient (Wildman–Crippen LogP) is 5.10. The summed E-state index contributed by atoms with van der Waals surface area (Å²) in [4.78, 5) is 15.4. The van der Waals surface area contributed by atoms with Crippen molar-refractivity contribution >= 4 is 27.5 Å². The van der Waals surface area contributed by atoms with E-state index >= 15 is 0 Å². The summed E-state index contributed by atoms with van der Waals surface area (Å²) < 4.78 is 11.8. The van der Waals surface area contributed by atoms with Crippen LogP contribution in [-0.2, 0) is 4.79 Å². The Morgan fingerprint density at radius 2 is 2.15 bits per heavy atom. The Bertz CT molecular complexity index is 922. The molecule has 134 valence electrons. The molecule has 3 rings (SSSR count). The monoisotopic (exact) mass is 415 g/mol. The molecule has 0 spiro atoms. The third-order valence-corrected chi connectivity index (χ3v) is 4.26. The van der Waals surface area contributed by atoms with E-state index < -0.39 is 12.6 Å². The number of carbonyl (C=O) groups is 1. The number of benzene rings is 1. The Balaban J connectivity index is 1.96. The fourth-order valence-corrected chi connectivity index (χ4v) is 2.94. The topological polar surface area (TPSA) is 72.6 Å². The first-order valence-corrected chi connectivity index (χ1v) is 8.82. The number of allylic oxidation sites excluding steroid dienone is 6. The highest BCUT2D eigenvalue weighted by molar-refractivity contribution is 9.10. The first-order valence-electron chi connectivity index (χ1n) is 8.03. The Hall–Kier alpha value is -2.60. The molecule has 1 aromatic heterocycles. The van der Waals surface area contributed by atoms with Gasteiger partial charge >= 0.3 is 5.97 Å². The number of nitrogens with zero attached hydrogens (tertiary/aromatic N) is 1. The van der Waals surface area contributed by atoms with Crippen molar-refractivity contribution in [2.24, 2.45) is 5.41 Å². The van der Waals surface area contributed by atoms with Crippen LogP contribution in [-0.4, -0.2) is 22.7 Å². The van der Waals surface area contributed by atoms with Crippen LogP contribution in [0.25, 0.3) is 17.0 Å². The lowest BCUT2D eigenvalue weighted by Gasteiger charge is -2.14. The van der Waals surface area contributed by atoms with Crippen molar-refractivity contribution < 1.29 is 19.1 Å². The van der Waals surface area contributed by atoms with E-state index in [0.717, 1.165) is 10.0 Å². The number of hydrogen-bond donors (Lipinski definition) is 1. The van der Waals surface area contributed by atoms with Crippen LogP contribution < -0.4 is 4.74 Å². The van der Waals surface area contributed by atoms with E-state index in [-0.39, 0.29) is 5.41 Å². The summed E-state index contributed by atoms with van der Waals surface area (Å²) in [6.45, 7) is 3.79. The first kappa shape index (κ1) is 18.2. The van der Waals surface area contributed by atoms with Crippen molar-refractivity contribution in [3.05, 3.63) is 65.0 Å². The molecule has 0 fully saturated rings. The highest BCUT2D eigenvalue weighted by atomic mass is 79.9. The maximum absolute atomic E-state index is 10.8. The zero-order chi connectivity index (χ0) is 18.7. The maximum Gasteiger partial charge on any atom is 0.341 e. The van der Waals surface area contributed by atoms with Crippen LogP contribution in [0.4, 0.5) is 0 Å². The summed E-state index contributed by atoms with van der Waals surface area (Å²) in [5.41, 5.74) is 2.15. The average molecular weight is 416 g/mol. The van der Waals surface area contributed by atoms with Crippen LogP contribution in [0.1, 0.15) is 19.5 Å². The van der Waals surface area contributed by atoms with Gasteiger partial charge in [-0.3, -0.25) is 0 Å². The fraction of sp³-hybridized carbons (Fsp3) is 0.200. The number of carboxylic acid groups (broad SMARTS) is 1. The molecule has 0 unspecified atom stereocenters. The summed E-state index contributed by atoms with van der Waals surface area (Å²) in [6.07, 6.45) is 11.8. The van der Waals surface area contributed by atoms with E-state index in [0.29, 0.717) is 22.9 Å². The molecule has 26 heavy (non-hydrogen) atoms. The van der Waals surface area contributed by atoms with Gasteiger partial charge in [-0.25, -0.2) is 9.78 Å². The van der Waals surface area contributed by atoms with Crippen LogP contribution in [0.3, 0.4) is 0 Å². The number of aliphatic carboxylic acids is 1. The third kappa shape index (κ3) is 4.32. The maximum atomic E-state index is 10.8. The third-order valence-electron chi connectivity index (χ3n) is 3.76. The van der Waals surface area contributed by atoms with Crippen molar-refractivity contribution in [1.29, 1.82) is 0 Å². The second kappa shape index (κ2) is 7.33. The van der Waals surface area contributed by atoms with Crippen molar-refractivity contribution in [3.63, 3.8) is 0 Å². The van der Waals surface area contributed by atoms with Crippen LogP contribution in [0, 0.1) is 5.41 Å². The first-order chi connectivity index (χ1) is 12.3. The van der Waals surface area contributed by atoms with Gasteiger partial charge in [0.25, 0.3) is 0 Å². The zero-order valence-corrected chi connectivity index (χ0v) is 16.0. The summed E-state index contributed by atoms with van der Waals surface area (Å²) in [7, 11) is 0. The van der Waals surface area contributed by atoms with Gasteiger partial charge in [-0.15, -0.1) is 0 Å². The predicted molar refractivity (Wildman–Crippen MR) is 103 cm³/mol. The normalized spacial score (nSPS) is 15.4. The molecule has 1 N–H and O–H groups in total. The lowest BCUT2D eigenvalue weighted by Crippen LogP contribution is -2.10. The van der Waals surface area contributed by atoms with E-state index in [4.69, 9.17) is 14.3 Å². The average Bonchev–Trinajstić information content (AvgIpc) is 2.98. The number of ether oxygens (including phenoxy) is 1. The molecule has 0 bridgehead atoms. The number of carboxylic acids is 1. The molecular formula is C20H18BrNO4. The lowest BCUT2D eigenvalue weighted by molar-refractivity contribution is -0.139. The van der Waals surface area contributed by atoms with E-state index in [1.54, 1.807) is 24.5 Å². The van der Waals surface area contributed by atoms with Crippen molar-refractivity contribution in [3.8, 4) is 17.2 Å². The summed E-state index contributed by atoms with van der Waals surface area (Å²) in [5, 5.41) is 8.85. The van der Waals surface area contributed by atoms with Crippen LogP contribution in [0.2, 0.25) is 0 Å². The summed E-state index contributed by atoms with van der Waals surface area (Å²) in [6, 6.07) is 5.25. The van der Waals surface area contributed by atoms with E-state index in [1.807, 2.05) is 18.2 Å². The second-order valence-corrected chi connectivity index (χ2v) is 7.42. The molecule has 5 nitrogen and oxygen atoms in total. The molecule has 6 heteroatoms. The Kier molecular flexibility index (Phi) is 5.13. The van der Waals surface area contributed by atoms with Gasteiger partial charge in [0.05, 0.1) is 5.56 Å². The van der Waals surface area contributed by atoms with Crippen molar-refractivity contribution in [2.75, 3.05) is 6.61 Å². The van der Waals surface area contributed by atoms with Crippen LogP contribution in [0.5, 0.6) is 5.75 Å². The number of aromatic nitrogens is 1. The summed E-state index contributed by atoms with van der Waals surface area (Å²) in [5.74, 6) is -0.280. The standard InChI is InChI=1S/C20H18BrNO4/c1-20(2)8-4-3-5-13(10-20)16-11-26-19(22-16)15-9-14(21)6-7-17(15)25-12-18(23)24/h3-11H,12H2,1-2H3,(H,23,24). The Morgan fingerprint density at radius 1 is 1.35 bits per heavy atom. The quantitative estimate of drug-likeness (QED) is 0.734. The second-order valence-electron chi connectivity index (χ2n) is 6.50. The number of halogens is 1. The van der Waals surface area contributed by atoms with Crippen LogP contribution in [0.15, 0.2) is 63.7 Å². The molecule has 0 aliphatic heterocycles. The fourth-order valence-electron chi connectivity index (χ4n) is 2.58. The van der Waals surface area contributed by atoms with Gasteiger partial charge in [0, 0.05) is 15.5 Å². The van der Waals surface area contributed by atoms with E-state index in [9.17, 15) is 4.79 Å². The number of rotatable bonds is 5. The minimum absolute atomic E-state index is 0.0938. The molecule has 0 amide bonds. The molecule has 1 aliphatic rings. The highest BCUT2D eigenvalue weighted by Gasteiger charge is 2.18. The molecule has 0 saturated heterocycles. The molecule has 0 saturated carbocycles. The van der Waals surface area contributed by atoms with Gasteiger partial charge in [-0.1, -0.05) is 60.2 Å². The Labute approximate surface area is 159 Å². The molecule has 1 heterocycles. The molecule has 1 aliphatic carbocycles. The van der Waals surface area contributed by atoms with E-state index in [1.165, 1.54) is 0 Å². The minimum atomic E-state index is -1.05. The SMILES string of the molecule is CC1(C)C=CC=CC(c2coc(-c3cc(Br)ccc3OCC(=O)O)n2)=C1. The smallest absolute Gasteiger partial charge is 0.341 e. The Morgan fingerprint density at radius 3 is 2.92 bits per heavy atom. The van der Waals surface area contributed by atoms with Gasteiger partial charge < -0.3 is 14.3 Å². The molecule has 2 aromatic rings. The number of hydrogen-bond acceptors (Lipinski definition) is 4. The number of oxazole rings is 1. The van der Waals surface area contributed by atoms with Crippen molar-refractivity contribution in [1.82, 2.24) is 4.98 Å². The van der Waals surface area contributed by atoms with Gasteiger partial charge in [0.1, 0.15) is 17.7 Å². The van der Waals surface area contributed by atoms with Gasteiger partial charge in [0.2, 0.25) is 5.89 Å². The molecule has 1 aromatic carbocycles. The highest BCUT2D eigenvalue weighted by Crippen LogP contribution is 2.34. The van der Waals surface area contributed by atoms with Gasteiger partial charge in [-0.05, 0) is 18.2 Å².